The van der Waals surface area contributed by atoms with E-state index in [0.29, 0.717) is 6.04 Å². The van der Waals surface area contributed by atoms with Crippen molar-refractivity contribution in [1.29, 1.82) is 0 Å². The van der Waals surface area contributed by atoms with E-state index in [0.717, 1.165) is 17.7 Å². The van der Waals surface area contributed by atoms with Crippen molar-refractivity contribution in [3.63, 3.8) is 0 Å². The zero-order chi connectivity index (χ0) is 13.3. The molecule has 1 aromatic rings. The number of fused-ring (bicyclic) bond motifs is 1. The fourth-order valence-corrected chi connectivity index (χ4v) is 3.65. The van der Waals surface area contributed by atoms with E-state index in [1.165, 1.54) is 37.7 Å². The predicted octanol–water partition coefficient (Wildman–Crippen LogP) is 3.10. The average molecular weight is 258 g/mol. The van der Waals surface area contributed by atoms with E-state index in [1.54, 1.807) is 0 Å². The maximum Gasteiger partial charge on any atom is 0.107 e. The minimum atomic E-state index is -0.222. The smallest absolute Gasteiger partial charge is 0.107 e. The molecule has 0 aromatic heterocycles. The van der Waals surface area contributed by atoms with Gasteiger partial charge in [-0.1, -0.05) is 48.7 Å². The zero-order valence-corrected chi connectivity index (χ0v) is 11.5. The van der Waals surface area contributed by atoms with Gasteiger partial charge in [0.15, 0.2) is 0 Å². The fourth-order valence-electron chi connectivity index (χ4n) is 3.65. The summed E-state index contributed by atoms with van der Waals surface area (Å²) >= 11 is 0. The highest BCUT2D eigenvalue weighted by Gasteiger charge is 2.41. The third-order valence-corrected chi connectivity index (χ3v) is 4.57. The standard InChI is InChI=1S/C16H22N2O/c1-16(17-13-8-3-2-4-9-13)11-12-7-5-6-10-14(12)15(16)18-19/h5-7,10,13,17,19H,2-4,8-9,11H2,1H3. The lowest BCUT2D eigenvalue weighted by atomic mass is 9.89. The van der Waals surface area contributed by atoms with Gasteiger partial charge in [-0.25, -0.2) is 0 Å². The van der Waals surface area contributed by atoms with E-state index in [-0.39, 0.29) is 5.54 Å². The number of oxime groups is 1. The van der Waals surface area contributed by atoms with Crippen molar-refractivity contribution < 1.29 is 5.21 Å². The van der Waals surface area contributed by atoms with E-state index >= 15 is 0 Å². The van der Waals surface area contributed by atoms with E-state index < -0.39 is 0 Å². The highest BCUT2D eigenvalue weighted by atomic mass is 16.4. The van der Waals surface area contributed by atoms with Crippen LogP contribution in [0.3, 0.4) is 0 Å². The molecule has 0 aliphatic heterocycles. The van der Waals surface area contributed by atoms with Crippen molar-refractivity contribution in [3.8, 4) is 0 Å². The van der Waals surface area contributed by atoms with Crippen LogP contribution >= 0.6 is 0 Å². The van der Waals surface area contributed by atoms with E-state index in [2.05, 4.69) is 35.6 Å². The van der Waals surface area contributed by atoms with Gasteiger partial charge in [0.05, 0.1) is 5.54 Å². The molecule has 1 saturated carbocycles. The highest BCUT2D eigenvalue weighted by molar-refractivity contribution is 6.10. The third kappa shape index (κ3) is 2.27. The molecule has 0 saturated heterocycles. The van der Waals surface area contributed by atoms with Crippen LogP contribution in [-0.2, 0) is 6.42 Å². The molecule has 102 valence electrons. The van der Waals surface area contributed by atoms with Crippen LogP contribution in [0.25, 0.3) is 0 Å². The van der Waals surface area contributed by atoms with Crippen LogP contribution in [0.2, 0.25) is 0 Å². The Morgan fingerprint density at radius 1 is 1.21 bits per heavy atom. The SMILES string of the molecule is CC1(NC2CCCCC2)Cc2ccccc2C1=NO. The molecule has 2 aliphatic rings. The Balaban J connectivity index is 1.84. The van der Waals surface area contributed by atoms with Crippen molar-refractivity contribution in [2.45, 2.75) is 57.0 Å². The second kappa shape index (κ2) is 4.97. The lowest BCUT2D eigenvalue weighted by Gasteiger charge is -2.33. The van der Waals surface area contributed by atoms with Crippen molar-refractivity contribution in [2.24, 2.45) is 5.16 Å². The summed E-state index contributed by atoms with van der Waals surface area (Å²) in [5.41, 5.74) is 2.95. The fraction of sp³-hybridized carbons (Fsp3) is 0.562. The second-order valence-corrected chi connectivity index (χ2v) is 6.09. The van der Waals surface area contributed by atoms with Gasteiger partial charge in [0, 0.05) is 11.6 Å². The Kier molecular flexibility index (Phi) is 3.31. The third-order valence-electron chi connectivity index (χ3n) is 4.57. The average Bonchev–Trinajstić information content (AvgIpc) is 2.70. The van der Waals surface area contributed by atoms with Crippen molar-refractivity contribution >= 4 is 5.71 Å². The lowest BCUT2D eigenvalue weighted by molar-refractivity contribution is 0.293. The normalized spacial score (nSPS) is 29.6. The predicted molar refractivity (Wildman–Crippen MR) is 76.9 cm³/mol. The van der Waals surface area contributed by atoms with Gasteiger partial charge >= 0.3 is 0 Å². The van der Waals surface area contributed by atoms with Gasteiger partial charge in [-0.3, -0.25) is 0 Å². The number of nitrogens with one attached hydrogen (secondary N) is 1. The molecule has 3 nitrogen and oxygen atoms in total. The molecule has 1 unspecified atom stereocenters. The number of rotatable bonds is 2. The second-order valence-electron chi connectivity index (χ2n) is 6.09. The minimum absolute atomic E-state index is 0.222. The molecule has 3 rings (SSSR count). The molecule has 19 heavy (non-hydrogen) atoms. The van der Waals surface area contributed by atoms with Crippen LogP contribution in [0.1, 0.15) is 50.2 Å². The van der Waals surface area contributed by atoms with E-state index in [1.807, 2.05) is 6.07 Å². The summed E-state index contributed by atoms with van der Waals surface area (Å²) in [6, 6.07) is 8.81. The molecule has 0 heterocycles. The van der Waals surface area contributed by atoms with Gasteiger partial charge in [0.2, 0.25) is 0 Å². The molecule has 0 radical (unpaired) electrons. The number of hydrogen-bond donors (Lipinski definition) is 2. The minimum Gasteiger partial charge on any atom is -0.411 e. The summed E-state index contributed by atoms with van der Waals surface area (Å²) in [6.07, 6.45) is 7.38. The van der Waals surface area contributed by atoms with Gasteiger partial charge in [-0.05, 0) is 31.7 Å². The number of hydrogen-bond acceptors (Lipinski definition) is 3. The summed E-state index contributed by atoms with van der Waals surface area (Å²) in [5.74, 6) is 0. The molecule has 2 aliphatic carbocycles. The van der Waals surface area contributed by atoms with Gasteiger partial charge in [0.25, 0.3) is 0 Å². The van der Waals surface area contributed by atoms with Crippen LogP contribution in [0, 0.1) is 0 Å². The van der Waals surface area contributed by atoms with Crippen molar-refractivity contribution in [2.75, 3.05) is 0 Å². The molecular weight excluding hydrogens is 236 g/mol. The lowest BCUT2D eigenvalue weighted by Crippen LogP contribution is -2.53. The summed E-state index contributed by atoms with van der Waals surface area (Å²) in [6.45, 7) is 2.16. The number of nitrogens with zero attached hydrogens (tertiary/aromatic N) is 1. The quantitative estimate of drug-likeness (QED) is 0.632. The first-order chi connectivity index (χ1) is 9.23. The molecule has 0 spiro atoms. The summed E-state index contributed by atoms with van der Waals surface area (Å²) in [7, 11) is 0. The maximum atomic E-state index is 9.43. The van der Waals surface area contributed by atoms with Gasteiger partial charge in [-0.15, -0.1) is 0 Å². The first-order valence-corrected chi connectivity index (χ1v) is 7.31. The largest absolute Gasteiger partial charge is 0.411 e. The Bertz CT molecular complexity index is 491. The van der Waals surface area contributed by atoms with Crippen LogP contribution in [0.15, 0.2) is 29.4 Å². The highest BCUT2D eigenvalue weighted by Crippen LogP contribution is 2.32. The summed E-state index contributed by atoms with van der Waals surface area (Å²) < 4.78 is 0. The van der Waals surface area contributed by atoms with Crippen LogP contribution in [-0.4, -0.2) is 22.5 Å². The molecule has 1 fully saturated rings. The molecular formula is C16H22N2O. The zero-order valence-electron chi connectivity index (χ0n) is 11.5. The summed E-state index contributed by atoms with van der Waals surface area (Å²) in [5, 5.41) is 16.8. The van der Waals surface area contributed by atoms with E-state index in [9.17, 15) is 5.21 Å². The Labute approximate surface area is 114 Å². The molecule has 0 amide bonds. The first kappa shape index (κ1) is 12.7. The Hall–Kier alpha value is -1.35. The van der Waals surface area contributed by atoms with E-state index in [4.69, 9.17) is 0 Å². The van der Waals surface area contributed by atoms with Crippen LogP contribution < -0.4 is 5.32 Å². The van der Waals surface area contributed by atoms with Crippen molar-refractivity contribution in [3.05, 3.63) is 35.4 Å². The monoisotopic (exact) mass is 258 g/mol. The van der Waals surface area contributed by atoms with Crippen LogP contribution in [0.5, 0.6) is 0 Å². The Morgan fingerprint density at radius 3 is 2.68 bits per heavy atom. The van der Waals surface area contributed by atoms with Gasteiger partial charge in [-0.2, -0.15) is 0 Å². The first-order valence-electron chi connectivity index (χ1n) is 7.31. The summed E-state index contributed by atoms with van der Waals surface area (Å²) in [4.78, 5) is 0. The molecule has 1 aromatic carbocycles. The Morgan fingerprint density at radius 2 is 1.95 bits per heavy atom. The maximum absolute atomic E-state index is 9.43. The van der Waals surface area contributed by atoms with Gasteiger partial charge < -0.3 is 10.5 Å². The van der Waals surface area contributed by atoms with Gasteiger partial charge in [0.1, 0.15) is 5.71 Å². The van der Waals surface area contributed by atoms with Crippen molar-refractivity contribution in [1.82, 2.24) is 5.32 Å². The number of benzene rings is 1. The topological polar surface area (TPSA) is 44.6 Å². The molecule has 2 N–H and O–H groups in total. The molecule has 1 atom stereocenters. The molecule has 0 bridgehead atoms. The molecule has 3 heteroatoms. The van der Waals surface area contributed by atoms with Crippen LogP contribution in [0.4, 0.5) is 0 Å².